The zero-order valence-electron chi connectivity index (χ0n) is 16.1. The minimum Gasteiger partial charge on any atom is -0.482 e. The van der Waals surface area contributed by atoms with Crippen LogP contribution in [0, 0.1) is 0 Å². The van der Waals surface area contributed by atoms with Crippen LogP contribution in [0.3, 0.4) is 0 Å². The van der Waals surface area contributed by atoms with Gasteiger partial charge in [0.05, 0.1) is 4.90 Å². The monoisotopic (exact) mass is 420 g/mol. The van der Waals surface area contributed by atoms with Gasteiger partial charge in [-0.2, -0.15) is 0 Å². The normalized spacial score (nSPS) is 11.0. The molecule has 8 nitrogen and oxygen atoms in total. The number of benzene rings is 2. The summed E-state index contributed by atoms with van der Waals surface area (Å²) in [5.41, 5.74) is 1.81. The van der Waals surface area contributed by atoms with Crippen LogP contribution >= 0.6 is 0 Å². The third kappa shape index (κ3) is 7.55. The van der Waals surface area contributed by atoms with Crippen molar-refractivity contribution in [2.24, 2.45) is 5.14 Å². The molecule has 0 saturated carbocycles. The van der Waals surface area contributed by atoms with Crippen molar-refractivity contribution in [2.45, 2.75) is 24.7 Å². The number of hydrogen-bond acceptors (Lipinski definition) is 6. The number of amides is 1. The van der Waals surface area contributed by atoms with E-state index in [1.54, 1.807) is 18.2 Å². The summed E-state index contributed by atoms with van der Waals surface area (Å²) in [4.78, 5) is 23.5. The number of rotatable bonds is 10. The quantitative estimate of drug-likeness (QED) is 0.556. The van der Waals surface area contributed by atoms with Crippen LogP contribution in [0.5, 0.6) is 5.75 Å². The molecule has 0 unspecified atom stereocenters. The van der Waals surface area contributed by atoms with E-state index in [4.69, 9.17) is 14.6 Å². The summed E-state index contributed by atoms with van der Waals surface area (Å²) < 4.78 is 32.7. The molecular weight excluding hydrogens is 396 g/mol. The number of aryl methyl sites for hydroxylation is 1. The van der Waals surface area contributed by atoms with Crippen molar-refractivity contribution in [3.05, 3.63) is 59.7 Å². The molecule has 29 heavy (non-hydrogen) atoms. The first-order valence-electron chi connectivity index (χ1n) is 9.04. The summed E-state index contributed by atoms with van der Waals surface area (Å²) in [7, 11) is -3.72. The van der Waals surface area contributed by atoms with Crippen molar-refractivity contribution in [2.75, 3.05) is 19.8 Å². The van der Waals surface area contributed by atoms with Crippen LogP contribution in [0.2, 0.25) is 0 Å². The average Bonchev–Trinajstić information content (AvgIpc) is 2.70. The highest BCUT2D eigenvalue weighted by atomic mass is 32.2. The number of esters is 1. The first kappa shape index (κ1) is 22.4. The van der Waals surface area contributed by atoms with Crippen LogP contribution < -0.4 is 15.2 Å². The van der Waals surface area contributed by atoms with Gasteiger partial charge < -0.3 is 14.8 Å². The minimum atomic E-state index is -3.72. The largest absolute Gasteiger partial charge is 0.482 e. The van der Waals surface area contributed by atoms with Gasteiger partial charge in [0.25, 0.3) is 5.91 Å². The van der Waals surface area contributed by atoms with Gasteiger partial charge in [0.15, 0.2) is 13.2 Å². The molecule has 0 aromatic heterocycles. The predicted octanol–water partition coefficient (Wildman–Crippen LogP) is 1.18. The Labute approximate surface area is 170 Å². The Morgan fingerprint density at radius 3 is 2.38 bits per heavy atom. The zero-order valence-corrected chi connectivity index (χ0v) is 16.9. The summed E-state index contributed by atoms with van der Waals surface area (Å²) in [5, 5.41) is 7.66. The van der Waals surface area contributed by atoms with Gasteiger partial charge in [0.2, 0.25) is 10.0 Å². The number of carbonyl (C=O) groups is 2. The standard InChI is InChI=1S/C20H24N2O6S/c1-2-16-5-3-4-6-18(16)27-14-20(24)28-13-19(23)22-12-11-15-7-9-17(10-8-15)29(21,25)26/h3-10H,2,11-14H2,1H3,(H,22,23)(H2,21,25,26). The lowest BCUT2D eigenvalue weighted by atomic mass is 10.1. The molecule has 2 aromatic rings. The smallest absolute Gasteiger partial charge is 0.344 e. The molecule has 2 rings (SSSR count). The fraction of sp³-hybridized carbons (Fsp3) is 0.300. The second-order valence-corrected chi connectivity index (χ2v) is 7.76. The molecule has 0 radical (unpaired) electrons. The van der Waals surface area contributed by atoms with E-state index >= 15 is 0 Å². The fourth-order valence-electron chi connectivity index (χ4n) is 2.50. The number of hydrogen-bond donors (Lipinski definition) is 2. The Hall–Kier alpha value is -2.91. The molecule has 0 heterocycles. The van der Waals surface area contributed by atoms with Crippen LogP contribution in [0.1, 0.15) is 18.1 Å². The summed E-state index contributed by atoms with van der Waals surface area (Å²) in [6, 6.07) is 13.5. The van der Waals surface area contributed by atoms with Gasteiger partial charge in [-0.3, -0.25) is 4.79 Å². The summed E-state index contributed by atoms with van der Waals surface area (Å²) in [5.74, 6) is -0.456. The summed E-state index contributed by atoms with van der Waals surface area (Å²) in [6.07, 6.45) is 1.26. The first-order chi connectivity index (χ1) is 13.8. The molecule has 1 amide bonds. The Morgan fingerprint density at radius 1 is 1.03 bits per heavy atom. The van der Waals surface area contributed by atoms with E-state index in [-0.39, 0.29) is 11.5 Å². The highest BCUT2D eigenvalue weighted by molar-refractivity contribution is 7.89. The van der Waals surface area contributed by atoms with E-state index in [1.807, 2.05) is 25.1 Å². The van der Waals surface area contributed by atoms with Crippen LogP contribution in [0.4, 0.5) is 0 Å². The van der Waals surface area contributed by atoms with Gasteiger partial charge in [-0.05, 0) is 42.2 Å². The van der Waals surface area contributed by atoms with Gasteiger partial charge in [-0.25, -0.2) is 18.4 Å². The minimum absolute atomic E-state index is 0.0287. The summed E-state index contributed by atoms with van der Waals surface area (Å²) in [6.45, 7) is 1.62. The average molecular weight is 420 g/mol. The second-order valence-electron chi connectivity index (χ2n) is 6.20. The van der Waals surface area contributed by atoms with Crippen LogP contribution in [-0.4, -0.2) is 40.1 Å². The van der Waals surface area contributed by atoms with E-state index in [1.165, 1.54) is 12.1 Å². The van der Waals surface area contributed by atoms with Crippen molar-refractivity contribution < 1.29 is 27.5 Å². The van der Waals surface area contributed by atoms with Crippen molar-refractivity contribution in [1.82, 2.24) is 5.32 Å². The molecule has 0 aliphatic rings. The van der Waals surface area contributed by atoms with Crippen LogP contribution in [0.25, 0.3) is 0 Å². The lowest BCUT2D eigenvalue weighted by Gasteiger charge is -2.10. The zero-order chi connectivity index (χ0) is 21.3. The summed E-state index contributed by atoms with van der Waals surface area (Å²) >= 11 is 0. The molecule has 0 fully saturated rings. The van der Waals surface area contributed by atoms with Crippen molar-refractivity contribution in [3.8, 4) is 5.75 Å². The number of sulfonamides is 1. The number of primary sulfonamides is 1. The third-order valence-electron chi connectivity index (χ3n) is 4.05. The Balaban J connectivity index is 1.67. The molecule has 2 aromatic carbocycles. The van der Waals surface area contributed by atoms with Crippen molar-refractivity contribution in [3.63, 3.8) is 0 Å². The molecule has 0 spiro atoms. The number of nitrogens with two attached hydrogens (primary N) is 1. The second kappa shape index (κ2) is 10.6. The molecule has 0 aliphatic heterocycles. The SMILES string of the molecule is CCc1ccccc1OCC(=O)OCC(=O)NCCc1ccc(S(N)(=O)=O)cc1. The molecule has 0 saturated heterocycles. The van der Waals surface area contributed by atoms with Gasteiger partial charge in [0.1, 0.15) is 5.75 Å². The van der Waals surface area contributed by atoms with E-state index in [0.29, 0.717) is 18.7 Å². The Bertz CT molecular complexity index is 942. The topological polar surface area (TPSA) is 125 Å². The molecule has 0 atom stereocenters. The third-order valence-corrected chi connectivity index (χ3v) is 4.98. The van der Waals surface area contributed by atoms with E-state index in [0.717, 1.165) is 17.5 Å². The fourth-order valence-corrected chi connectivity index (χ4v) is 3.02. The maximum absolute atomic E-state index is 11.8. The van der Waals surface area contributed by atoms with E-state index in [2.05, 4.69) is 5.32 Å². The maximum Gasteiger partial charge on any atom is 0.344 e. The molecule has 3 N–H and O–H groups in total. The van der Waals surface area contributed by atoms with Crippen molar-refractivity contribution in [1.29, 1.82) is 0 Å². The lowest BCUT2D eigenvalue weighted by molar-refractivity contribution is -0.150. The van der Waals surface area contributed by atoms with E-state index in [9.17, 15) is 18.0 Å². The molecule has 156 valence electrons. The number of ether oxygens (including phenoxy) is 2. The van der Waals surface area contributed by atoms with E-state index < -0.39 is 28.5 Å². The number of para-hydroxylation sites is 1. The van der Waals surface area contributed by atoms with Crippen LogP contribution in [-0.2, 0) is 37.2 Å². The number of nitrogens with one attached hydrogen (secondary N) is 1. The molecule has 9 heteroatoms. The molecular formula is C20H24N2O6S. The Morgan fingerprint density at radius 2 is 1.72 bits per heavy atom. The maximum atomic E-state index is 11.8. The molecule has 0 aliphatic carbocycles. The van der Waals surface area contributed by atoms with Crippen LogP contribution in [0.15, 0.2) is 53.4 Å². The first-order valence-corrected chi connectivity index (χ1v) is 10.6. The van der Waals surface area contributed by atoms with Crippen molar-refractivity contribution >= 4 is 21.9 Å². The number of carbonyl (C=O) groups excluding carboxylic acids is 2. The highest BCUT2D eigenvalue weighted by Gasteiger charge is 2.10. The van der Waals surface area contributed by atoms with Gasteiger partial charge in [0, 0.05) is 6.54 Å². The lowest BCUT2D eigenvalue weighted by Crippen LogP contribution is -2.31. The highest BCUT2D eigenvalue weighted by Crippen LogP contribution is 2.18. The van der Waals surface area contributed by atoms with Gasteiger partial charge >= 0.3 is 5.97 Å². The van der Waals surface area contributed by atoms with Gasteiger partial charge in [-0.1, -0.05) is 37.3 Å². The predicted molar refractivity (Wildman–Crippen MR) is 107 cm³/mol. The molecule has 0 bridgehead atoms. The van der Waals surface area contributed by atoms with Gasteiger partial charge in [-0.15, -0.1) is 0 Å². The Kier molecular flexibility index (Phi) is 8.17.